The van der Waals surface area contributed by atoms with Crippen LogP contribution in [0.25, 0.3) is 0 Å². The second-order valence-corrected chi connectivity index (χ2v) is 6.24. The molecular formula is C12H4F22O. The van der Waals surface area contributed by atoms with E-state index in [-0.39, 0.29) is 0 Å². The molecule has 0 spiro atoms. The van der Waals surface area contributed by atoms with Gasteiger partial charge in [0.15, 0.2) is 12.2 Å². The summed E-state index contributed by atoms with van der Waals surface area (Å²) in [6.07, 6.45) is -41.5. The lowest BCUT2D eigenvalue weighted by atomic mass is 9.95. The number of halogens is 22. The summed E-state index contributed by atoms with van der Waals surface area (Å²) in [5, 5.41) is 0. The Morgan fingerprint density at radius 1 is 0.371 bits per heavy atom. The van der Waals surface area contributed by atoms with Gasteiger partial charge in [-0.2, -0.15) is 79.0 Å². The van der Waals surface area contributed by atoms with Gasteiger partial charge in [0.2, 0.25) is 0 Å². The Labute approximate surface area is 176 Å². The number of ether oxygens (including phenoxy) is 1. The number of rotatable bonds is 10. The lowest BCUT2D eigenvalue weighted by Gasteiger charge is -2.42. The van der Waals surface area contributed by atoms with Crippen molar-refractivity contribution >= 4 is 0 Å². The molecule has 0 saturated carbocycles. The Balaban J connectivity index is 7.37. The average Bonchev–Trinajstić information content (AvgIpc) is 2.58. The highest BCUT2D eigenvalue weighted by Crippen LogP contribution is 2.57. The van der Waals surface area contributed by atoms with Gasteiger partial charge in [0, 0.05) is 0 Å². The summed E-state index contributed by atoms with van der Waals surface area (Å²) in [4.78, 5) is 0. The molecule has 0 N–H and O–H groups in total. The maximum Gasteiger partial charge on any atom is 0.459 e. The molecule has 0 bridgehead atoms. The van der Waals surface area contributed by atoms with E-state index in [0.29, 0.717) is 0 Å². The van der Waals surface area contributed by atoms with Crippen LogP contribution in [0.3, 0.4) is 0 Å². The zero-order chi connectivity index (χ0) is 29.0. The molecule has 2 atom stereocenters. The molecular weight excluding hydrogens is 578 g/mol. The Morgan fingerprint density at radius 3 is 0.714 bits per heavy atom. The van der Waals surface area contributed by atoms with Gasteiger partial charge >= 0.3 is 60.7 Å². The minimum absolute atomic E-state index is 1.88. The second kappa shape index (κ2) is 9.06. The standard InChI is InChI=1S/C12H4F22O/c13-3(14)5(17,18)1(7(21,22)9(25,26)11(29,30)31)35-2(6(19,20)4(15)16)8(23,24)10(27,28)12(32,33)34/h1-4H. The van der Waals surface area contributed by atoms with E-state index < -0.39 is 72.9 Å². The number of hydrogen-bond donors (Lipinski definition) is 0. The molecule has 0 fully saturated rings. The van der Waals surface area contributed by atoms with Crippen LogP contribution >= 0.6 is 0 Å². The molecule has 35 heavy (non-hydrogen) atoms. The van der Waals surface area contributed by atoms with E-state index in [1.54, 1.807) is 0 Å². The smallest absolute Gasteiger partial charge is 0.349 e. The van der Waals surface area contributed by atoms with E-state index in [1.807, 2.05) is 4.74 Å². The van der Waals surface area contributed by atoms with Crippen molar-refractivity contribution in [3.63, 3.8) is 0 Å². The topological polar surface area (TPSA) is 9.23 Å². The Bertz CT molecular complexity index is 655. The van der Waals surface area contributed by atoms with E-state index in [1.165, 1.54) is 0 Å². The Morgan fingerprint density at radius 2 is 0.571 bits per heavy atom. The van der Waals surface area contributed by atoms with Gasteiger partial charge in [-0.1, -0.05) is 0 Å². The quantitative estimate of drug-likeness (QED) is 0.248. The molecule has 2 unspecified atom stereocenters. The van der Waals surface area contributed by atoms with Gasteiger partial charge in [0.1, 0.15) is 0 Å². The van der Waals surface area contributed by atoms with Gasteiger partial charge in [-0.25, -0.2) is 17.6 Å². The predicted molar refractivity (Wildman–Crippen MR) is 62.5 cm³/mol. The van der Waals surface area contributed by atoms with Crippen molar-refractivity contribution in [3.8, 4) is 0 Å². The SMILES string of the molecule is FC(F)C(F)(F)C(OC(C(F)(F)C(F)F)C(F)(F)C(F)(F)C(F)(F)F)C(F)(F)C(F)(F)C(F)(F)F. The van der Waals surface area contributed by atoms with Crippen LogP contribution in [0.5, 0.6) is 0 Å². The van der Waals surface area contributed by atoms with Gasteiger partial charge in [0.25, 0.3) is 0 Å². The summed E-state index contributed by atoms with van der Waals surface area (Å²) in [5.74, 6) is -47.7. The lowest BCUT2D eigenvalue weighted by Crippen LogP contribution is -2.70. The zero-order valence-corrected chi connectivity index (χ0v) is 15.0. The van der Waals surface area contributed by atoms with Crippen LogP contribution < -0.4 is 0 Å². The van der Waals surface area contributed by atoms with Crippen molar-refractivity contribution in [2.75, 3.05) is 0 Å². The summed E-state index contributed by atoms with van der Waals surface area (Å²) >= 11 is 0. The third-order valence-electron chi connectivity index (χ3n) is 3.76. The molecule has 0 radical (unpaired) electrons. The normalized spacial score (nSPS) is 17.8. The summed E-state index contributed by atoms with van der Waals surface area (Å²) in [5.41, 5.74) is 0. The third-order valence-corrected chi connectivity index (χ3v) is 3.76. The van der Waals surface area contributed by atoms with Gasteiger partial charge in [-0.15, -0.1) is 0 Å². The maximum atomic E-state index is 13.6. The van der Waals surface area contributed by atoms with E-state index in [4.69, 9.17) is 0 Å². The monoisotopic (exact) mass is 582 g/mol. The summed E-state index contributed by atoms with van der Waals surface area (Å²) in [7, 11) is 0. The van der Waals surface area contributed by atoms with Crippen molar-refractivity contribution in [1.29, 1.82) is 0 Å². The van der Waals surface area contributed by atoms with Gasteiger partial charge in [-0.05, 0) is 0 Å². The first-order valence-corrected chi connectivity index (χ1v) is 7.48. The fourth-order valence-electron chi connectivity index (χ4n) is 1.91. The van der Waals surface area contributed by atoms with Crippen LogP contribution in [0.1, 0.15) is 0 Å². The van der Waals surface area contributed by atoms with Gasteiger partial charge < -0.3 is 4.74 Å². The molecule has 0 amide bonds. The molecule has 0 saturated heterocycles. The van der Waals surface area contributed by atoms with Crippen molar-refractivity contribution in [2.45, 2.75) is 72.9 Å². The fraction of sp³-hybridized carbons (Fsp3) is 1.00. The molecule has 0 aromatic heterocycles. The highest BCUT2D eigenvalue weighted by atomic mass is 19.4. The van der Waals surface area contributed by atoms with Crippen molar-refractivity contribution in [3.05, 3.63) is 0 Å². The second-order valence-electron chi connectivity index (χ2n) is 6.24. The maximum absolute atomic E-state index is 13.6. The first-order valence-electron chi connectivity index (χ1n) is 7.48. The minimum Gasteiger partial charge on any atom is -0.349 e. The largest absolute Gasteiger partial charge is 0.459 e. The molecule has 1 nitrogen and oxygen atoms in total. The molecule has 0 aliphatic rings. The zero-order valence-electron chi connectivity index (χ0n) is 15.0. The van der Waals surface area contributed by atoms with Crippen LogP contribution in [0.2, 0.25) is 0 Å². The number of hydrogen-bond acceptors (Lipinski definition) is 1. The molecule has 0 aliphatic heterocycles. The molecule has 0 aromatic carbocycles. The van der Waals surface area contributed by atoms with Gasteiger partial charge in [0.05, 0.1) is 0 Å². The Kier molecular flexibility index (Phi) is 8.66. The van der Waals surface area contributed by atoms with Crippen LogP contribution in [0.15, 0.2) is 0 Å². The minimum atomic E-state index is -8.18. The van der Waals surface area contributed by atoms with Crippen LogP contribution in [0.4, 0.5) is 96.6 Å². The van der Waals surface area contributed by atoms with Crippen molar-refractivity contribution < 1.29 is 101 Å². The van der Waals surface area contributed by atoms with E-state index in [2.05, 4.69) is 0 Å². The molecule has 0 heterocycles. The van der Waals surface area contributed by atoms with E-state index >= 15 is 0 Å². The number of alkyl halides is 22. The summed E-state index contributed by atoms with van der Waals surface area (Å²) < 4.78 is 284. The van der Waals surface area contributed by atoms with Crippen LogP contribution in [0, 0.1) is 0 Å². The summed E-state index contributed by atoms with van der Waals surface area (Å²) in [6, 6.07) is 0. The summed E-state index contributed by atoms with van der Waals surface area (Å²) in [6.45, 7) is 0. The molecule has 0 aromatic rings. The fourth-order valence-corrected chi connectivity index (χ4v) is 1.91. The van der Waals surface area contributed by atoms with Gasteiger partial charge in [-0.3, -0.25) is 0 Å². The highest BCUT2D eigenvalue weighted by molar-refractivity contribution is 5.07. The molecule has 0 rings (SSSR count). The highest BCUT2D eigenvalue weighted by Gasteiger charge is 2.84. The first-order chi connectivity index (χ1) is 14.9. The third kappa shape index (κ3) is 5.42. The van der Waals surface area contributed by atoms with E-state index in [9.17, 15) is 96.6 Å². The van der Waals surface area contributed by atoms with Crippen molar-refractivity contribution in [1.82, 2.24) is 0 Å². The molecule has 23 heteroatoms. The lowest BCUT2D eigenvalue weighted by molar-refractivity contribution is -0.432. The van der Waals surface area contributed by atoms with Crippen LogP contribution in [-0.2, 0) is 4.74 Å². The molecule has 212 valence electrons. The average molecular weight is 582 g/mol. The van der Waals surface area contributed by atoms with Crippen LogP contribution in [-0.4, -0.2) is 72.9 Å². The Hall–Kier alpha value is -1.58. The van der Waals surface area contributed by atoms with Crippen molar-refractivity contribution in [2.24, 2.45) is 0 Å². The first kappa shape index (κ1) is 33.4. The van der Waals surface area contributed by atoms with E-state index in [0.717, 1.165) is 0 Å². The molecule has 0 aliphatic carbocycles. The predicted octanol–water partition coefficient (Wildman–Crippen LogP) is 7.21.